The van der Waals surface area contributed by atoms with Gasteiger partial charge in [-0.15, -0.1) is 0 Å². The van der Waals surface area contributed by atoms with Crippen LogP contribution < -0.4 is 5.32 Å². The summed E-state index contributed by atoms with van der Waals surface area (Å²) in [4.78, 5) is 10.9. The highest BCUT2D eigenvalue weighted by Gasteiger charge is 2.44. The molecule has 5 atom stereocenters. The van der Waals surface area contributed by atoms with Gasteiger partial charge in [0.25, 0.3) is 0 Å². The van der Waals surface area contributed by atoms with E-state index in [0.29, 0.717) is 0 Å². The van der Waals surface area contributed by atoms with E-state index >= 15 is 0 Å². The number of rotatable bonds is 5. The van der Waals surface area contributed by atoms with Crippen molar-refractivity contribution in [1.29, 1.82) is 1.43 Å². The summed E-state index contributed by atoms with van der Waals surface area (Å²) in [5.74, 6) is -0.566. The van der Waals surface area contributed by atoms with Gasteiger partial charge in [-0.1, -0.05) is 0 Å². The van der Waals surface area contributed by atoms with Crippen LogP contribution in [0, 0.1) is 0 Å². The fourth-order valence-corrected chi connectivity index (χ4v) is 1.93. The van der Waals surface area contributed by atoms with Gasteiger partial charge in [0.05, 0.1) is 6.61 Å². The fourth-order valence-electron chi connectivity index (χ4n) is 1.62. The Balaban J connectivity index is 2.68. The van der Waals surface area contributed by atoms with Crippen LogP contribution in [0.1, 0.15) is 6.92 Å². The Morgan fingerprint density at radius 1 is 1.42 bits per heavy atom. The molecule has 1 saturated heterocycles. The van der Waals surface area contributed by atoms with Gasteiger partial charge < -0.3 is 25.4 Å². The molecule has 5 N–H and O–H groups in total. The predicted octanol–water partition coefficient (Wildman–Crippen LogP) is -3.25. The number of hydrogen-bond donors (Lipinski definition) is 5. The van der Waals surface area contributed by atoms with E-state index in [-0.39, 0.29) is 0 Å². The molecule has 1 heterocycles. The Labute approximate surface area is 110 Å². The number of amides is 1. The van der Waals surface area contributed by atoms with Crippen LogP contribution in [0.5, 0.6) is 0 Å². The molecule has 1 aliphatic rings. The van der Waals surface area contributed by atoms with E-state index in [2.05, 4.69) is 14.1 Å². The molecular weight excluding hydrogens is 286 g/mol. The Hall–Kier alpha value is -0.820. The second-order valence-corrected chi connectivity index (χ2v) is 5.02. The third-order valence-electron chi connectivity index (χ3n) is 2.47. The van der Waals surface area contributed by atoms with Gasteiger partial charge in [-0.3, -0.25) is 9.35 Å². The Morgan fingerprint density at radius 3 is 2.58 bits per heavy atom. The number of aliphatic hydroxyl groups excluding tert-OH is 3. The number of carbonyl (C=O) groups is 1. The molecule has 0 aromatic rings. The van der Waals surface area contributed by atoms with Crippen LogP contribution >= 0.6 is 0 Å². The SMILES string of the molecule is [2H]OS(=O)(=O)OC[C@H]1OC(O)[C@H](NC(C)=O)[C@@H](O)[C@@H]1O. The second kappa shape index (κ2) is 6.09. The van der Waals surface area contributed by atoms with Crippen molar-refractivity contribution >= 4 is 16.3 Å². The van der Waals surface area contributed by atoms with Crippen LogP contribution in [0.4, 0.5) is 0 Å². The van der Waals surface area contributed by atoms with E-state index in [9.17, 15) is 28.5 Å². The summed E-state index contributed by atoms with van der Waals surface area (Å²) in [6, 6.07) is -1.28. The average Bonchev–Trinajstić information content (AvgIpc) is 2.37. The molecule has 1 amide bonds. The summed E-state index contributed by atoms with van der Waals surface area (Å²) in [7, 11) is -4.57. The summed E-state index contributed by atoms with van der Waals surface area (Å²) >= 11 is 0. The minimum absolute atomic E-state index is 0.566. The maximum atomic E-state index is 10.9. The van der Waals surface area contributed by atoms with Crippen molar-refractivity contribution in [1.82, 2.24) is 5.32 Å². The molecule has 0 aliphatic carbocycles. The number of aliphatic hydroxyl groups is 3. The van der Waals surface area contributed by atoms with E-state index in [1.807, 2.05) is 0 Å². The lowest BCUT2D eigenvalue weighted by Gasteiger charge is -2.40. The van der Waals surface area contributed by atoms with Crippen molar-refractivity contribution in [3.05, 3.63) is 0 Å². The van der Waals surface area contributed by atoms with E-state index in [4.69, 9.17) is 6.17 Å². The van der Waals surface area contributed by atoms with E-state index in [1.54, 1.807) is 0 Å². The first-order valence-electron chi connectivity index (χ1n) is 5.59. The normalized spacial score (nSPS) is 36.6. The van der Waals surface area contributed by atoms with Crippen molar-refractivity contribution < 1.29 is 42.0 Å². The van der Waals surface area contributed by atoms with Gasteiger partial charge in [-0.25, -0.2) is 4.18 Å². The maximum Gasteiger partial charge on any atom is 0.397 e. The Kier molecular flexibility index (Phi) is 4.67. The van der Waals surface area contributed by atoms with Crippen molar-refractivity contribution in [2.45, 2.75) is 37.6 Å². The number of ether oxygens (including phenoxy) is 1. The van der Waals surface area contributed by atoms with Crippen molar-refractivity contribution in [2.24, 2.45) is 0 Å². The molecule has 0 aromatic heterocycles. The lowest BCUT2D eigenvalue weighted by molar-refractivity contribution is -0.252. The van der Waals surface area contributed by atoms with E-state index in [0.717, 1.165) is 6.92 Å². The molecule has 10 nitrogen and oxygen atoms in total. The lowest BCUT2D eigenvalue weighted by atomic mass is 9.97. The van der Waals surface area contributed by atoms with Gasteiger partial charge in [-0.05, 0) is 0 Å². The summed E-state index contributed by atoms with van der Waals surface area (Å²) in [5.41, 5.74) is 0. The summed E-state index contributed by atoms with van der Waals surface area (Å²) < 4.78 is 40.0. The number of carbonyl (C=O) groups excluding carboxylic acids is 1. The third kappa shape index (κ3) is 4.65. The highest BCUT2D eigenvalue weighted by atomic mass is 32.3. The zero-order chi connectivity index (χ0) is 15.5. The average molecular weight is 302 g/mol. The van der Waals surface area contributed by atoms with Crippen molar-refractivity contribution in [2.75, 3.05) is 6.61 Å². The maximum absolute atomic E-state index is 10.9. The van der Waals surface area contributed by atoms with Crippen LogP contribution in [-0.2, 0) is 24.1 Å². The van der Waals surface area contributed by atoms with Crippen LogP contribution in [0.3, 0.4) is 0 Å². The molecule has 0 spiro atoms. The topological polar surface area (TPSA) is 163 Å². The highest BCUT2D eigenvalue weighted by molar-refractivity contribution is 7.80. The second-order valence-electron chi connectivity index (χ2n) is 3.97. The largest absolute Gasteiger partial charge is 0.397 e. The first kappa shape index (κ1) is 14.6. The van der Waals surface area contributed by atoms with Crippen LogP contribution in [0.2, 0.25) is 0 Å². The molecular formula is C8H15NO9S. The van der Waals surface area contributed by atoms with Gasteiger partial charge in [-0.2, -0.15) is 8.42 Å². The van der Waals surface area contributed by atoms with Crippen molar-refractivity contribution in [3.8, 4) is 0 Å². The summed E-state index contributed by atoms with van der Waals surface area (Å²) in [6.07, 6.45) is -6.30. The van der Waals surface area contributed by atoms with Crippen LogP contribution in [-0.4, -0.2) is 71.5 Å². The Bertz CT molecular complexity index is 443. The monoisotopic (exact) mass is 302 g/mol. The van der Waals surface area contributed by atoms with Gasteiger partial charge >= 0.3 is 10.4 Å². The van der Waals surface area contributed by atoms with Gasteiger partial charge in [0.1, 0.15) is 24.4 Å². The molecule has 19 heavy (non-hydrogen) atoms. The molecule has 11 heteroatoms. The van der Waals surface area contributed by atoms with Crippen molar-refractivity contribution in [3.63, 3.8) is 0 Å². The zero-order valence-corrected chi connectivity index (χ0v) is 10.6. The standard InChI is InChI=1S/C8H15NO9S/c1-3(10)9-5-7(12)6(11)4(18-8(5)13)2-17-19(14,15)16/h4-8,11-13H,2H2,1H3,(H,9,10)(H,14,15,16)/t4-,5-,6-,7-,8?/m1/s1/i/hD. The lowest BCUT2D eigenvalue weighted by Crippen LogP contribution is -2.64. The zero-order valence-electron chi connectivity index (χ0n) is 10.8. The minimum atomic E-state index is -4.57. The first-order chi connectivity index (χ1) is 9.18. The number of nitrogens with one attached hydrogen (secondary N) is 1. The predicted molar refractivity (Wildman–Crippen MR) is 58.0 cm³/mol. The smallest absolute Gasteiger partial charge is 0.388 e. The summed E-state index contributed by atoms with van der Waals surface area (Å²) in [5, 5.41) is 31.2. The number of hydrogen-bond acceptors (Lipinski definition) is 9. The molecule has 112 valence electrons. The molecule has 0 bridgehead atoms. The highest BCUT2D eigenvalue weighted by Crippen LogP contribution is 2.20. The fraction of sp³-hybridized carbons (Fsp3) is 0.875. The van der Waals surface area contributed by atoms with Gasteiger partial charge in [0.2, 0.25) is 7.34 Å². The molecule has 0 saturated carbocycles. The Morgan fingerprint density at radius 2 is 2.05 bits per heavy atom. The van der Waals surface area contributed by atoms with Crippen LogP contribution in [0.15, 0.2) is 0 Å². The van der Waals surface area contributed by atoms with E-state index in [1.165, 1.54) is 0 Å². The molecule has 1 aliphatic heterocycles. The van der Waals surface area contributed by atoms with Gasteiger partial charge in [0, 0.05) is 6.92 Å². The summed E-state index contributed by atoms with van der Waals surface area (Å²) in [6.45, 7) is 0.350. The molecule has 0 aromatic carbocycles. The minimum Gasteiger partial charge on any atom is -0.388 e. The van der Waals surface area contributed by atoms with E-state index < -0.39 is 53.6 Å². The molecule has 1 fully saturated rings. The first-order valence-corrected chi connectivity index (χ1v) is 6.52. The molecule has 0 radical (unpaired) electrons. The molecule has 1 unspecified atom stereocenters. The third-order valence-corrected chi connectivity index (χ3v) is 2.89. The quantitative estimate of drug-likeness (QED) is 0.328. The van der Waals surface area contributed by atoms with Crippen LogP contribution in [0.25, 0.3) is 1.43 Å². The van der Waals surface area contributed by atoms with Gasteiger partial charge in [0.15, 0.2) is 6.29 Å². The molecule has 1 rings (SSSR count).